The van der Waals surface area contributed by atoms with E-state index in [-0.39, 0.29) is 6.54 Å². The van der Waals surface area contributed by atoms with Gasteiger partial charge >= 0.3 is 12.0 Å². The molecule has 6 heteroatoms. The third-order valence-electron chi connectivity index (χ3n) is 2.99. The first-order chi connectivity index (χ1) is 10.1. The molecule has 0 aromatic heterocycles. The van der Waals surface area contributed by atoms with Gasteiger partial charge in [-0.2, -0.15) is 5.26 Å². The third-order valence-corrected chi connectivity index (χ3v) is 2.99. The summed E-state index contributed by atoms with van der Waals surface area (Å²) in [6.07, 6.45) is 2.03. The highest BCUT2D eigenvalue weighted by atomic mass is 16.4. The van der Waals surface area contributed by atoms with Crippen molar-refractivity contribution in [3.63, 3.8) is 0 Å². The highest BCUT2D eigenvalue weighted by molar-refractivity contribution is 5.82. The number of amides is 2. The Morgan fingerprint density at radius 2 is 2.00 bits per heavy atom. The highest BCUT2D eigenvalue weighted by Crippen LogP contribution is 2.03. The molecule has 0 heterocycles. The van der Waals surface area contributed by atoms with Crippen LogP contribution in [0, 0.1) is 11.3 Å². The van der Waals surface area contributed by atoms with E-state index in [4.69, 9.17) is 10.4 Å². The van der Waals surface area contributed by atoms with E-state index in [0.29, 0.717) is 12.0 Å². The number of nitriles is 1. The summed E-state index contributed by atoms with van der Waals surface area (Å²) >= 11 is 0. The monoisotopic (exact) mass is 289 g/mol. The van der Waals surface area contributed by atoms with Gasteiger partial charge in [0.05, 0.1) is 11.6 Å². The molecule has 0 saturated carbocycles. The Balaban J connectivity index is 2.44. The predicted molar refractivity (Wildman–Crippen MR) is 77.5 cm³/mol. The van der Waals surface area contributed by atoms with Crippen LogP contribution in [-0.4, -0.2) is 23.1 Å². The minimum atomic E-state index is -1.03. The molecule has 21 heavy (non-hydrogen) atoms. The number of urea groups is 1. The number of unbranched alkanes of at least 4 members (excludes halogenated alkanes) is 1. The van der Waals surface area contributed by atoms with E-state index in [0.717, 1.165) is 18.4 Å². The van der Waals surface area contributed by atoms with Gasteiger partial charge < -0.3 is 15.7 Å². The van der Waals surface area contributed by atoms with Crippen molar-refractivity contribution in [1.29, 1.82) is 5.26 Å². The molecule has 0 aliphatic rings. The number of aliphatic carboxylic acids is 1. The molecule has 112 valence electrons. The van der Waals surface area contributed by atoms with Crippen molar-refractivity contribution < 1.29 is 14.7 Å². The molecule has 0 unspecified atom stereocenters. The Kier molecular flexibility index (Phi) is 6.75. The van der Waals surface area contributed by atoms with Crippen molar-refractivity contribution in [2.24, 2.45) is 0 Å². The Bertz CT molecular complexity index is 520. The van der Waals surface area contributed by atoms with E-state index in [9.17, 15) is 9.59 Å². The summed E-state index contributed by atoms with van der Waals surface area (Å²) in [4.78, 5) is 22.7. The molecule has 0 bridgehead atoms. The third kappa shape index (κ3) is 5.95. The minimum Gasteiger partial charge on any atom is -0.480 e. The SMILES string of the molecule is CCCC[C@H](NC(=O)NCc1ccc(C#N)cc1)C(=O)O. The van der Waals surface area contributed by atoms with Gasteiger partial charge in [-0.1, -0.05) is 31.9 Å². The number of nitrogens with zero attached hydrogens (tertiary/aromatic N) is 1. The van der Waals surface area contributed by atoms with Gasteiger partial charge in [0.15, 0.2) is 0 Å². The summed E-state index contributed by atoms with van der Waals surface area (Å²) in [5, 5.41) is 22.7. The molecule has 0 radical (unpaired) electrons. The maximum Gasteiger partial charge on any atom is 0.326 e. The zero-order valence-electron chi connectivity index (χ0n) is 11.9. The van der Waals surface area contributed by atoms with Crippen LogP contribution in [0.5, 0.6) is 0 Å². The summed E-state index contributed by atoms with van der Waals surface area (Å²) in [6, 6.07) is 7.44. The summed E-state index contributed by atoms with van der Waals surface area (Å²) < 4.78 is 0. The Morgan fingerprint density at radius 3 is 2.52 bits per heavy atom. The van der Waals surface area contributed by atoms with Gasteiger partial charge in [-0.3, -0.25) is 0 Å². The van der Waals surface area contributed by atoms with Gasteiger partial charge in [0.25, 0.3) is 0 Å². The molecule has 0 fully saturated rings. The van der Waals surface area contributed by atoms with Crippen LogP contribution in [0.3, 0.4) is 0 Å². The molecule has 0 aliphatic heterocycles. The average Bonchev–Trinajstić information content (AvgIpc) is 2.49. The number of nitrogens with one attached hydrogen (secondary N) is 2. The molecule has 0 aliphatic carbocycles. The summed E-state index contributed by atoms with van der Waals surface area (Å²) in [5.74, 6) is -1.03. The fourth-order valence-corrected chi connectivity index (χ4v) is 1.75. The smallest absolute Gasteiger partial charge is 0.326 e. The van der Waals surface area contributed by atoms with Crippen LogP contribution in [0.25, 0.3) is 0 Å². The lowest BCUT2D eigenvalue weighted by molar-refractivity contribution is -0.139. The molecule has 1 rings (SSSR count). The number of rotatable bonds is 7. The summed E-state index contributed by atoms with van der Waals surface area (Å²) in [6.45, 7) is 2.24. The van der Waals surface area contributed by atoms with Crippen LogP contribution in [-0.2, 0) is 11.3 Å². The molecule has 0 spiro atoms. The Labute approximate surface area is 123 Å². The number of carbonyl (C=O) groups is 2. The first-order valence-corrected chi connectivity index (χ1v) is 6.83. The largest absolute Gasteiger partial charge is 0.480 e. The Hall–Kier alpha value is -2.55. The minimum absolute atomic E-state index is 0.275. The van der Waals surface area contributed by atoms with Crippen molar-refractivity contribution >= 4 is 12.0 Å². The van der Waals surface area contributed by atoms with E-state index >= 15 is 0 Å². The van der Waals surface area contributed by atoms with Crippen LogP contribution in [0.15, 0.2) is 24.3 Å². The number of benzene rings is 1. The molecule has 1 atom stereocenters. The van der Waals surface area contributed by atoms with E-state index in [2.05, 4.69) is 10.6 Å². The van der Waals surface area contributed by atoms with E-state index in [1.165, 1.54) is 0 Å². The van der Waals surface area contributed by atoms with Crippen LogP contribution in [0.1, 0.15) is 37.3 Å². The molecule has 0 saturated heterocycles. The molecular weight excluding hydrogens is 270 g/mol. The van der Waals surface area contributed by atoms with Gasteiger partial charge in [0, 0.05) is 6.54 Å². The average molecular weight is 289 g/mol. The van der Waals surface area contributed by atoms with Gasteiger partial charge in [0.1, 0.15) is 6.04 Å². The molecule has 2 amide bonds. The lowest BCUT2D eigenvalue weighted by Gasteiger charge is -2.14. The van der Waals surface area contributed by atoms with E-state index in [1.807, 2.05) is 13.0 Å². The number of carboxylic acid groups (broad SMARTS) is 1. The predicted octanol–water partition coefficient (Wildman–Crippen LogP) is 2.00. The van der Waals surface area contributed by atoms with Gasteiger partial charge in [-0.05, 0) is 24.1 Å². The maximum absolute atomic E-state index is 11.7. The topological polar surface area (TPSA) is 102 Å². The molecular formula is C15H19N3O3. The fourth-order valence-electron chi connectivity index (χ4n) is 1.75. The van der Waals surface area contributed by atoms with Crippen molar-refractivity contribution in [3.05, 3.63) is 35.4 Å². The number of hydrogen-bond donors (Lipinski definition) is 3. The number of carbonyl (C=O) groups excluding carboxylic acids is 1. The molecule has 1 aromatic carbocycles. The van der Waals surface area contributed by atoms with Gasteiger partial charge in [0.2, 0.25) is 0 Å². The summed E-state index contributed by atoms with van der Waals surface area (Å²) in [7, 11) is 0. The quantitative estimate of drug-likeness (QED) is 0.714. The highest BCUT2D eigenvalue weighted by Gasteiger charge is 2.18. The first kappa shape index (κ1) is 16.5. The normalized spacial score (nSPS) is 11.2. The van der Waals surface area contributed by atoms with Crippen LogP contribution < -0.4 is 10.6 Å². The van der Waals surface area contributed by atoms with E-state index in [1.54, 1.807) is 24.3 Å². The fraction of sp³-hybridized carbons (Fsp3) is 0.400. The molecule has 3 N–H and O–H groups in total. The van der Waals surface area contributed by atoms with Crippen molar-refractivity contribution in [2.75, 3.05) is 0 Å². The second-order valence-corrected chi connectivity index (χ2v) is 4.67. The van der Waals surface area contributed by atoms with Gasteiger partial charge in [-0.25, -0.2) is 9.59 Å². The van der Waals surface area contributed by atoms with Crippen LogP contribution >= 0.6 is 0 Å². The van der Waals surface area contributed by atoms with Crippen molar-refractivity contribution in [1.82, 2.24) is 10.6 Å². The second-order valence-electron chi connectivity index (χ2n) is 4.67. The second kappa shape index (κ2) is 8.59. The lowest BCUT2D eigenvalue weighted by Crippen LogP contribution is -2.45. The first-order valence-electron chi connectivity index (χ1n) is 6.83. The van der Waals surface area contributed by atoms with E-state index < -0.39 is 18.0 Å². The molecule has 1 aromatic rings. The van der Waals surface area contributed by atoms with Crippen LogP contribution in [0.4, 0.5) is 4.79 Å². The van der Waals surface area contributed by atoms with Crippen molar-refractivity contribution in [2.45, 2.75) is 38.8 Å². The summed E-state index contributed by atoms with van der Waals surface area (Å²) in [5.41, 5.74) is 1.39. The maximum atomic E-state index is 11.7. The zero-order chi connectivity index (χ0) is 15.7. The lowest BCUT2D eigenvalue weighted by atomic mass is 10.1. The van der Waals surface area contributed by atoms with Gasteiger partial charge in [-0.15, -0.1) is 0 Å². The number of carboxylic acids is 1. The Morgan fingerprint density at radius 1 is 1.33 bits per heavy atom. The molecule has 6 nitrogen and oxygen atoms in total. The van der Waals surface area contributed by atoms with Crippen LogP contribution in [0.2, 0.25) is 0 Å². The zero-order valence-corrected chi connectivity index (χ0v) is 11.9. The van der Waals surface area contributed by atoms with Crippen molar-refractivity contribution in [3.8, 4) is 6.07 Å². The standard InChI is InChI=1S/C15H19N3O3/c1-2-3-4-13(14(19)20)18-15(21)17-10-12-7-5-11(9-16)6-8-12/h5-8,13H,2-4,10H2,1H3,(H,19,20)(H2,17,18,21)/t13-/m0/s1. The number of hydrogen-bond acceptors (Lipinski definition) is 3.